The normalized spacial score (nSPS) is 16.0. The predicted octanol–water partition coefficient (Wildman–Crippen LogP) is 1.23. The Bertz CT molecular complexity index is 433. The number of aromatic nitrogens is 3. The zero-order valence-electron chi connectivity index (χ0n) is 13.3. The Morgan fingerprint density at radius 1 is 1.05 bits per heavy atom. The van der Waals surface area contributed by atoms with Crippen molar-refractivity contribution >= 4 is 11.9 Å². The Balaban J connectivity index is 2.04. The number of hydrogen-bond acceptors (Lipinski definition) is 7. The lowest BCUT2D eigenvalue weighted by Gasteiger charge is -2.34. The Kier molecular flexibility index (Phi) is 5.98. The zero-order chi connectivity index (χ0) is 15.1. The van der Waals surface area contributed by atoms with Crippen LogP contribution < -0.4 is 15.0 Å². The first-order chi connectivity index (χ1) is 10.3. The lowest BCUT2D eigenvalue weighted by atomic mass is 10.3. The predicted molar refractivity (Wildman–Crippen MR) is 84.1 cm³/mol. The second-order valence-corrected chi connectivity index (χ2v) is 5.17. The standard InChI is InChI=1S/C14H26N6O/c1-4-6-19-7-9-20(10-8-19)13-16-12(15-3)17-14(18-13)21-11-5-2/h4-11H2,1-3H3,(H,15,16,17,18). The molecule has 7 nitrogen and oxygen atoms in total. The maximum Gasteiger partial charge on any atom is 0.323 e. The van der Waals surface area contributed by atoms with Gasteiger partial charge in [-0.3, -0.25) is 4.90 Å². The van der Waals surface area contributed by atoms with E-state index in [0.717, 1.165) is 39.1 Å². The van der Waals surface area contributed by atoms with Gasteiger partial charge in [0.2, 0.25) is 11.9 Å². The third-order valence-corrected chi connectivity index (χ3v) is 3.46. The van der Waals surface area contributed by atoms with Crippen molar-refractivity contribution in [3.8, 4) is 6.01 Å². The highest BCUT2D eigenvalue weighted by atomic mass is 16.5. The van der Waals surface area contributed by atoms with Crippen LogP contribution in [0.1, 0.15) is 26.7 Å². The molecule has 0 atom stereocenters. The first-order valence-electron chi connectivity index (χ1n) is 7.80. The molecule has 1 saturated heterocycles. The van der Waals surface area contributed by atoms with Crippen LogP contribution in [0.5, 0.6) is 6.01 Å². The van der Waals surface area contributed by atoms with E-state index in [2.05, 4.69) is 43.9 Å². The van der Waals surface area contributed by atoms with E-state index in [-0.39, 0.29) is 0 Å². The molecule has 7 heteroatoms. The van der Waals surface area contributed by atoms with Gasteiger partial charge in [-0.1, -0.05) is 13.8 Å². The molecular weight excluding hydrogens is 268 g/mol. The van der Waals surface area contributed by atoms with Crippen LogP contribution in [0, 0.1) is 0 Å². The molecule has 1 fully saturated rings. The average molecular weight is 294 g/mol. The van der Waals surface area contributed by atoms with Gasteiger partial charge in [0.15, 0.2) is 0 Å². The monoisotopic (exact) mass is 294 g/mol. The number of nitrogens with zero attached hydrogens (tertiary/aromatic N) is 5. The van der Waals surface area contributed by atoms with Crippen LogP contribution in [0.4, 0.5) is 11.9 Å². The summed E-state index contributed by atoms with van der Waals surface area (Å²) in [4.78, 5) is 17.8. The SMILES string of the molecule is CCCOc1nc(NC)nc(N2CCN(CCC)CC2)n1. The molecule has 0 amide bonds. The number of hydrogen-bond donors (Lipinski definition) is 1. The summed E-state index contributed by atoms with van der Waals surface area (Å²) in [6.07, 6.45) is 2.14. The minimum absolute atomic E-state index is 0.405. The van der Waals surface area contributed by atoms with Gasteiger partial charge in [-0.15, -0.1) is 0 Å². The van der Waals surface area contributed by atoms with E-state index in [1.165, 1.54) is 6.42 Å². The average Bonchev–Trinajstić information content (AvgIpc) is 2.53. The molecule has 1 aliphatic rings. The fourth-order valence-electron chi connectivity index (χ4n) is 2.34. The van der Waals surface area contributed by atoms with E-state index in [4.69, 9.17) is 4.74 Å². The maximum atomic E-state index is 5.55. The largest absolute Gasteiger partial charge is 0.463 e. The highest BCUT2D eigenvalue weighted by Crippen LogP contribution is 2.16. The highest BCUT2D eigenvalue weighted by Gasteiger charge is 2.20. The number of rotatable bonds is 7. The molecule has 1 aliphatic heterocycles. The van der Waals surface area contributed by atoms with E-state index in [1.54, 1.807) is 0 Å². The summed E-state index contributed by atoms with van der Waals surface area (Å²) in [6.45, 7) is 10.1. The van der Waals surface area contributed by atoms with E-state index in [9.17, 15) is 0 Å². The summed E-state index contributed by atoms with van der Waals surface area (Å²) in [5, 5.41) is 2.97. The summed E-state index contributed by atoms with van der Waals surface area (Å²) >= 11 is 0. The summed E-state index contributed by atoms with van der Waals surface area (Å²) in [7, 11) is 1.81. The third kappa shape index (κ3) is 4.42. The molecule has 1 aromatic rings. The third-order valence-electron chi connectivity index (χ3n) is 3.46. The smallest absolute Gasteiger partial charge is 0.323 e. The van der Waals surface area contributed by atoms with E-state index in [1.807, 2.05) is 7.05 Å². The first kappa shape index (κ1) is 15.8. The van der Waals surface area contributed by atoms with Gasteiger partial charge in [0.1, 0.15) is 0 Å². The van der Waals surface area contributed by atoms with Gasteiger partial charge in [-0.05, 0) is 19.4 Å². The second-order valence-electron chi connectivity index (χ2n) is 5.17. The number of nitrogens with one attached hydrogen (secondary N) is 1. The van der Waals surface area contributed by atoms with Crippen molar-refractivity contribution < 1.29 is 4.74 Å². The van der Waals surface area contributed by atoms with Gasteiger partial charge in [-0.2, -0.15) is 15.0 Å². The summed E-state index contributed by atoms with van der Waals surface area (Å²) in [5.74, 6) is 1.26. The number of anilines is 2. The zero-order valence-corrected chi connectivity index (χ0v) is 13.3. The number of ether oxygens (including phenoxy) is 1. The van der Waals surface area contributed by atoms with Crippen molar-refractivity contribution in [2.24, 2.45) is 0 Å². The van der Waals surface area contributed by atoms with Gasteiger partial charge in [-0.25, -0.2) is 0 Å². The molecule has 2 heterocycles. The van der Waals surface area contributed by atoms with Crippen LogP contribution in [0.25, 0.3) is 0 Å². The van der Waals surface area contributed by atoms with Crippen LogP contribution in [0.3, 0.4) is 0 Å². The Morgan fingerprint density at radius 3 is 2.43 bits per heavy atom. The molecule has 118 valence electrons. The summed E-state index contributed by atoms with van der Waals surface area (Å²) in [5.41, 5.74) is 0. The molecule has 0 saturated carbocycles. The molecule has 2 rings (SSSR count). The molecule has 1 aromatic heterocycles. The molecule has 1 N–H and O–H groups in total. The summed E-state index contributed by atoms with van der Waals surface area (Å²) in [6, 6.07) is 0.405. The van der Waals surface area contributed by atoms with Crippen molar-refractivity contribution in [3.63, 3.8) is 0 Å². The van der Waals surface area contributed by atoms with Crippen LogP contribution in [0.15, 0.2) is 0 Å². The minimum atomic E-state index is 0.405. The number of piperazine rings is 1. The Morgan fingerprint density at radius 2 is 1.81 bits per heavy atom. The van der Waals surface area contributed by atoms with E-state index >= 15 is 0 Å². The van der Waals surface area contributed by atoms with Crippen molar-refractivity contribution in [1.29, 1.82) is 0 Å². The molecule has 0 aliphatic carbocycles. The lowest BCUT2D eigenvalue weighted by Crippen LogP contribution is -2.47. The van der Waals surface area contributed by atoms with Crippen LogP contribution >= 0.6 is 0 Å². The van der Waals surface area contributed by atoms with Crippen molar-refractivity contribution in [2.45, 2.75) is 26.7 Å². The molecule has 0 bridgehead atoms. The van der Waals surface area contributed by atoms with Crippen molar-refractivity contribution in [3.05, 3.63) is 0 Å². The molecule has 0 radical (unpaired) electrons. The second kappa shape index (κ2) is 7.97. The van der Waals surface area contributed by atoms with Gasteiger partial charge < -0.3 is 15.0 Å². The molecule has 0 unspecified atom stereocenters. The maximum absolute atomic E-state index is 5.55. The molecule has 21 heavy (non-hydrogen) atoms. The van der Waals surface area contributed by atoms with Gasteiger partial charge in [0.25, 0.3) is 0 Å². The van der Waals surface area contributed by atoms with Gasteiger partial charge in [0.05, 0.1) is 6.61 Å². The van der Waals surface area contributed by atoms with E-state index < -0.39 is 0 Å². The molecule has 0 spiro atoms. The molecule has 0 aromatic carbocycles. The van der Waals surface area contributed by atoms with Crippen LogP contribution in [-0.2, 0) is 0 Å². The first-order valence-corrected chi connectivity index (χ1v) is 7.80. The quantitative estimate of drug-likeness (QED) is 0.811. The fourth-order valence-corrected chi connectivity index (χ4v) is 2.34. The lowest BCUT2D eigenvalue weighted by molar-refractivity contribution is 0.256. The van der Waals surface area contributed by atoms with E-state index in [0.29, 0.717) is 24.5 Å². The van der Waals surface area contributed by atoms with Crippen LogP contribution in [0.2, 0.25) is 0 Å². The summed E-state index contributed by atoms with van der Waals surface area (Å²) < 4.78 is 5.55. The van der Waals surface area contributed by atoms with Crippen molar-refractivity contribution in [2.75, 3.05) is 56.6 Å². The highest BCUT2D eigenvalue weighted by molar-refractivity contribution is 5.38. The van der Waals surface area contributed by atoms with Crippen molar-refractivity contribution in [1.82, 2.24) is 19.9 Å². The van der Waals surface area contributed by atoms with Crippen LogP contribution in [-0.4, -0.2) is 66.2 Å². The Hall–Kier alpha value is -1.63. The fraction of sp³-hybridized carbons (Fsp3) is 0.786. The van der Waals surface area contributed by atoms with Gasteiger partial charge in [0, 0.05) is 33.2 Å². The minimum Gasteiger partial charge on any atom is -0.463 e. The van der Waals surface area contributed by atoms with Gasteiger partial charge >= 0.3 is 6.01 Å². The topological polar surface area (TPSA) is 66.4 Å². The molecular formula is C14H26N6O. The Labute approximate surface area is 126 Å².